The first kappa shape index (κ1) is 17.1. The fourth-order valence-corrected chi connectivity index (χ4v) is 2.72. The Morgan fingerprint density at radius 3 is 2.82 bits per heavy atom. The van der Waals surface area contributed by atoms with Crippen LogP contribution < -0.4 is 5.32 Å². The highest BCUT2D eigenvalue weighted by Gasteiger charge is 2.34. The molecule has 1 aromatic carbocycles. The van der Waals surface area contributed by atoms with E-state index in [1.54, 1.807) is 4.90 Å². The Morgan fingerprint density at radius 1 is 1.45 bits per heavy atom. The molecule has 22 heavy (non-hydrogen) atoms. The Hall–Kier alpha value is -1.31. The highest BCUT2D eigenvalue weighted by atomic mass is 35.5. The summed E-state index contributed by atoms with van der Waals surface area (Å²) in [4.78, 5) is 13.7. The summed E-state index contributed by atoms with van der Waals surface area (Å²) in [5.41, 5.74) is -1.30. The van der Waals surface area contributed by atoms with Gasteiger partial charge in [0.15, 0.2) is 0 Å². The van der Waals surface area contributed by atoms with E-state index < -0.39 is 17.6 Å². The van der Waals surface area contributed by atoms with E-state index >= 15 is 0 Å². The third-order valence-electron chi connectivity index (χ3n) is 3.62. The zero-order chi connectivity index (χ0) is 16.3. The molecule has 0 spiro atoms. The predicted molar refractivity (Wildman–Crippen MR) is 76.8 cm³/mol. The summed E-state index contributed by atoms with van der Waals surface area (Å²) < 4.78 is 38.8. The van der Waals surface area contributed by atoms with Crippen LogP contribution in [-0.4, -0.2) is 41.7 Å². The van der Waals surface area contributed by atoms with Crippen LogP contribution in [0.4, 0.5) is 18.9 Å². The van der Waals surface area contributed by atoms with Crippen molar-refractivity contribution in [2.75, 3.05) is 25.0 Å². The minimum atomic E-state index is -4.60. The quantitative estimate of drug-likeness (QED) is 0.889. The van der Waals surface area contributed by atoms with Crippen LogP contribution in [0.1, 0.15) is 18.4 Å². The van der Waals surface area contributed by atoms with Crippen molar-refractivity contribution >= 4 is 23.2 Å². The van der Waals surface area contributed by atoms with Gasteiger partial charge in [-0.15, -0.1) is 0 Å². The number of amides is 1. The summed E-state index contributed by atoms with van der Waals surface area (Å²) in [6, 6.07) is 3.09. The van der Waals surface area contributed by atoms with Crippen LogP contribution in [0.15, 0.2) is 18.2 Å². The molecule has 1 amide bonds. The molecule has 2 N–H and O–H groups in total. The number of nitrogens with zero attached hydrogens (tertiary/aromatic N) is 1. The highest BCUT2D eigenvalue weighted by Crippen LogP contribution is 2.36. The van der Waals surface area contributed by atoms with Gasteiger partial charge in [0.05, 0.1) is 24.4 Å². The second-order valence-corrected chi connectivity index (χ2v) is 5.62. The molecule has 0 saturated carbocycles. The van der Waals surface area contributed by atoms with Crippen molar-refractivity contribution in [1.82, 2.24) is 4.90 Å². The van der Waals surface area contributed by atoms with Gasteiger partial charge in [0.25, 0.3) is 0 Å². The normalized spacial score (nSPS) is 19.4. The molecule has 1 saturated heterocycles. The van der Waals surface area contributed by atoms with Crippen molar-refractivity contribution in [1.29, 1.82) is 0 Å². The minimum absolute atomic E-state index is 0.0504. The average molecular weight is 337 g/mol. The Labute approximate surface area is 130 Å². The van der Waals surface area contributed by atoms with Gasteiger partial charge in [0.2, 0.25) is 5.91 Å². The van der Waals surface area contributed by atoms with E-state index in [-0.39, 0.29) is 29.9 Å². The number of carbonyl (C=O) groups is 1. The van der Waals surface area contributed by atoms with Gasteiger partial charge in [0, 0.05) is 11.1 Å². The molecule has 122 valence electrons. The fraction of sp³-hybridized carbons (Fsp3) is 0.500. The Morgan fingerprint density at radius 2 is 2.18 bits per heavy atom. The molecule has 8 heteroatoms. The molecule has 1 fully saturated rings. The number of alkyl halides is 3. The minimum Gasteiger partial charge on any atom is -0.395 e. The molecule has 0 aromatic heterocycles. The monoisotopic (exact) mass is 336 g/mol. The van der Waals surface area contributed by atoms with Gasteiger partial charge in [-0.2, -0.15) is 13.2 Å². The molecule has 1 atom stereocenters. The largest absolute Gasteiger partial charge is 0.418 e. The smallest absolute Gasteiger partial charge is 0.395 e. The molecule has 1 heterocycles. The lowest BCUT2D eigenvalue weighted by atomic mass is 10.1. The van der Waals surface area contributed by atoms with Gasteiger partial charge in [-0.05, 0) is 37.6 Å². The first-order valence-electron chi connectivity index (χ1n) is 6.83. The van der Waals surface area contributed by atoms with Gasteiger partial charge in [-0.25, -0.2) is 0 Å². The van der Waals surface area contributed by atoms with Crippen LogP contribution in [-0.2, 0) is 11.0 Å². The topological polar surface area (TPSA) is 52.6 Å². The van der Waals surface area contributed by atoms with Gasteiger partial charge < -0.3 is 10.4 Å². The third-order valence-corrected chi connectivity index (χ3v) is 3.85. The summed E-state index contributed by atoms with van der Waals surface area (Å²) in [5.74, 6) is -0.548. The second kappa shape index (κ2) is 6.85. The molecule has 0 aliphatic carbocycles. The van der Waals surface area contributed by atoms with Crippen LogP contribution in [0.3, 0.4) is 0 Å². The molecule has 1 aliphatic rings. The van der Waals surface area contributed by atoms with E-state index in [4.69, 9.17) is 11.6 Å². The first-order chi connectivity index (χ1) is 10.3. The van der Waals surface area contributed by atoms with Gasteiger partial charge in [-0.3, -0.25) is 9.69 Å². The van der Waals surface area contributed by atoms with Gasteiger partial charge >= 0.3 is 6.18 Å². The SMILES string of the molecule is O=C(CN1CCC[C@H]1CO)Nc1ccc(Cl)cc1C(F)(F)F. The number of likely N-dealkylation sites (tertiary alicyclic amines) is 1. The Kier molecular flexibility index (Phi) is 5.31. The fourth-order valence-electron chi connectivity index (χ4n) is 2.54. The Balaban J connectivity index is 2.09. The number of hydrogen-bond acceptors (Lipinski definition) is 3. The number of benzene rings is 1. The maximum Gasteiger partial charge on any atom is 0.418 e. The van der Waals surface area contributed by atoms with Crippen molar-refractivity contribution in [3.8, 4) is 0 Å². The number of rotatable bonds is 4. The summed E-state index contributed by atoms with van der Waals surface area (Å²) in [6.07, 6.45) is -2.97. The van der Waals surface area contributed by atoms with Crippen molar-refractivity contribution in [3.63, 3.8) is 0 Å². The van der Waals surface area contributed by atoms with Crippen molar-refractivity contribution in [2.24, 2.45) is 0 Å². The number of carbonyl (C=O) groups excluding carboxylic acids is 1. The van der Waals surface area contributed by atoms with E-state index in [1.807, 2.05) is 0 Å². The first-order valence-corrected chi connectivity index (χ1v) is 7.20. The lowest BCUT2D eigenvalue weighted by molar-refractivity contribution is -0.137. The molecule has 0 unspecified atom stereocenters. The third kappa shape index (κ3) is 4.12. The van der Waals surface area contributed by atoms with Crippen LogP contribution in [0.2, 0.25) is 5.02 Å². The predicted octanol–water partition coefficient (Wildman–Crippen LogP) is 2.75. The van der Waals surface area contributed by atoms with Crippen molar-refractivity contribution in [3.05, 3.63) is 28.8 Å². The highest BCUT2D eigenvalue weighted by molar-refractivity contribution is 6.30. The van der Waals surface area contributed by atoms with E-state index in [2.05, 4.69) is 5.32 Å². The number of aliphatic hydroxyl groups excluding tert-OH is 1. The molecule has 0 bridgehead atoms. The second-order valence-electron chi connectivity index (χ2n) is 5.18. The van der Waals surface area contributed by atoms with Crippen molar-refractivity contribution < 1.29 is 23.1 Å². The average Bonchev–Trinajstić information content (AvgIpc) is 2.86. The van der Waals surface area contributed by atoms with E-state index in [1.165, 1.54) is 6.07 Å². The molecular formula is C14H16ClF3N2O2. The summed E-state index contributed by atoms with van der Waals surface area (Å²) >= 11 is 5.59. The molecule has 1 aromatic rings. The van der Waals surface area contributed by atoms with Gasteiger partial charge in [0.1, 0.15) is 0 Å². The Bertz CT molecular complexity index is 551. The lowest BCUT2D eigenvalue weighted by Crippen LogP contribution is -2.38. The van der Waals surface area contributed by atoms with Crippen LogP contribution in [0.25, 0.3) is 0 Å². The van der Waals surface area contributed by atoms with Crippen LogP contribution >= 0.6 is 11.6 Å². The maximum absolute atomic E-state index is 12.9. The van der Waals surface area contributed by atoms with Gasteiger partial charge in [-0.1, -0.05) is 11.6 Å². The zero-order valence-electron chi connectivity index (χ0n) is 11.7. The molecule has 4 nitrogen and oxygen atoms in total. The molecular weight excluding hydrogens is 321 g/mol. The summed E-state index contributed by atoms with van der Waals surface area (Å²) in [6.45, 7) is 0.526. The lowest BCUT2D eigenvalue weighted by Gasteiger charge is -2.22. The number of anilines is 1. The summed E-state index contributed by atoms with van der Waals surface area (Å²) in [7, 11) is 0. The number of halogens is 4. The molecule has 1 aliphatic heterocycles. The van der Waals surface area contributed by atoms with Crippen LogP contribution in [0, 0.1) is 0 Å². The number of nitrogens with one attached hydrogen (secondary N) is 1. The van der Waals surface area contributed by atoms with E-state index in [0.29, 0.717) is 6.54 Å². The maximum atomic E-state index is 12.9. The number of hydrogen-bond donors (Lipinski definition) is 2. The van der Waals surface area contributed by atoms with Crippen molar-refractivity contribution in [2.45, 2.75) is 25.1 Å². The van der Waals surface area contributed by atoms with Crippen LogP contribution in [0.5, 0.6) is 0 Å². The number of aliphatic hydroxyl groups is 1. The zero-order valence-corrected chi connectivity index (χ0v) is 12.4. The van der Waals surface area contributed by atoms with E-state index in [0.717, 1.165) is 25.0 Å². The molecule has 0 radical (unpaired) electrons. The summed E-state index contributed by atoms with van der Waals surface area (Å²) in [5, 5.41) is 11.4. The standard InChI is InChI=1S/C14H16ClF3N2O2/c15-9-3-4-12(11(6-9)14(16,17)18)19-13(22)7-20-5-1-2-10(20)8-21/h3-4,6,10,21H,1-2,5,7-8H2,(H,19,22)/t10-/m0/s1. The molecule has 2 rings (SSSR count). The van der Waals surface area contributed by atoms with E-state index in [9.17, 15) is 23.1 Å².